The average Bonchev–Trinajstić information content (AvgIpc) is 2.97. The highest BCUT2D eigenvalue weighted by Gasteiger charge is 2.16. The van der Waals surface area contributed by atoms with Gasteiger partial charge in [-0.1, -0.05) is 12.1 Å². The van der Waals surface area contributed by atoms with E-state index >= 15 is 0 Å². The van der Waals surface area contributed by atoms with Crippen molar-refractivity contribution in [2.45, 2.75) is 0 Å². The lowest BCUT2D eigenvalue weighted by Gasteiger charge is -2.09. The van der Waals surface area contributed by atoms with Crippen LogP contribution in [0.25, 0.3) is 16.6 Å². The van der Waals surface area contributed by atoms with Gasteiger partial charge >= 0.3 is 5.97 Å². The number of aliphatic carboxylic acids is 1. The Morgan fingerprint density at radius 1 is 1.26 bits per heavy atom. The third kappa shape index (κ3) is 2.87. The van der Waals surface area contributed by atoms with E-state index in [1.807, 2.05) is 24.3 Å². The molecule has 6 nitrogen and oxygen atoms in total. The molecule has 0 saturated carbocycles. The molecule has 2 aromatic carbocycles. The van der Waals surface area contributed by atoms with Crippen molar-refractivity contribution in [2.24, 2.45) is 0 Å². The Morgan fingerprint density at radius 3 is 2.74 bits per heavy atom. The number of phenolic OH excluding ortho intramolecular Hbond substituents is 1. The van der Waals surface area contributed by atoms with Gasteiger partial charge in [0, 0.05) is 17.2 Å². The number of hydrogen-bond donors (Lipinski definition) is 3. The van der Waals surface area contributed by atoms with Crippen LogP contribution in [0.1, 0.15) is 11.4 Å². The van der Waals surface area contributed by atoms with Crippen molar-refractivity contribution in [3.63, 3.8) is 0 Å². The van der Waals surface area contributed by atoms with Crippen LogP contribution in [0.5, 0.6) is 11.5 Å². The maximum atomic E-state index is 11.2. The van der Waals surface area contributed by atoms with Crippen LogP contribution in [0.3, 0.4) is 0 Å². The zero-order valence-corrected chi connectivity index (χ0v) is 12.3. The summed E-state index contributed by atoms with van der Waals surface area (Å²) >= 11 is 0. The summed E-state index contributed by atoms with van der Waals surface area (Å²) in [5.74, 6) is -0.330. The fourth-order valence-corrected chi connectivity index (χ4v) is 2.34. The molecule has 116 valence electrons. The number of rotatable bonds is 4. The molecular weight excluding hydrogens is 296 g/mol. The van der Waals surface area contributed by atoms with Gasteiger partial charge in [-0.05, 0) is 30.3 Å². The van der Waals surface area contributed by atoms with Gasteiger partial charge in [0.15, 0.2) is 0 Å². The molecule has 0 saturated heterocycles. The molecule has 0 radical (unpaired) electrons. The van der Waals surface area contributed by atoms with Crippen molar-refractivity contribution >= 4 is 22.6 Å². The summed E-state index contributed by atoms with van der Waals surface area (Å²) < 4.78 is 5.14. The summed E-state index contributed by atoms with van der Waals surface area (Å²) in [6, 6.07) is 12.0. The lowest BCUT2D eigenvalue weighted by Crippen LogP contribution is -1.97. The third-order valence-electron chi connectivity index (χ3n) is 3.41. The number of H-pyrrole nitrogens is 1. The molecule has 1 aromatic heterocycles. The summed E-state index contributed by atoms with van der Waals surface area (Å²) in [6.07, 6.45) is 1.01. The lowest BCUT2D eigenvalue weighted by atomic mass is 10.0. The number of nitrogens with one attached hydrogen (secondary N) is 1. The Hall–Kier alpha value is -3.28. The zero-order chi connectivity index (χ0) is 16.4. The van der Waals surface area contributed by atoms with Crippen molar-refractivity contribution in [1.82, 2.24) is 9.97 Å². The van der Waals surface area contributed by atoms with Crippen LogP contribution in [0.2, 0.25) is 0 Å². The van der Waals surface area contributed by atoms with Crippen LogP contribution >= 0.6 is 0 Å². The first-order valence-corrected chi connectivity index (χ1v) is 6.85. The number of aromatic hydroxyl groups is 1. The smallest absolute Gasteiger partial charge is 0.329 e. The number of aromatic amines is 1. The third-order valence-corrected chi connectivity index (χ3v) is 3.41. The molecule has 0 atom stereocenters. The SMILES string of the molecule is COc1ccc(O)c(/C(=C/C(=O)O)c2nc3ccccc3[nH]2)c1. The Labute approximate surface area is 131 Å². The summed E-state index contributed by atoms with van der Waals surface area (Å²) in [5.41, 5.74) is 2.08. The number of aromatic nitrogens is 2. The molecule has 0 unspecified atom stereocenters. The predicted molar refractivity (Wildman–Crippen MR) is 85.5 cm³/mol. The highest BCUT2D eigenvalue weighted by molar-refractivity contribution is 5.96. The number of imidazole rings is 1. The van der Waals surface area contributed by atoms with Gasteiger partial charge in [0.2, 0.25) is 0 Å². The van der Waals surface area contributed by atoms with Crippen LogP contribution in [0, 0.1) is 0 Å². The van der Waals surface area contributed by atoms with Gasteiger partial charge in [0.25, 0.3) is 0 Å². The fourth-order valence-electron chi connectivity index (χ4n) is 2.34. The van der Waals surface area contributed by atoms with E-state index in [1.165, 1.54) is 13.2 Å². The molecule has 0 bridgehead atoms. The van der Waals surface area contributed by atoms with E-state index in [-0.39, 0.29) is 11.3 Å². The maximum Gasteiger partial charge on any atom is 0.329 e. The van der Waals surface area contributed by atoms with Gasteiger partial charge in [0.1, 0.15) is 17.3 Å². The Morgan fingerprint density at radius 2 is 2.04 bits per heavy atom. The highest BCUT2D eigenvalue weighted by atomic mass is 16.5. The molecule has 0 aliphatic carbocycles. The van der Waals surface area contributed by atoms with Gasteiger partial charge in [-0.3, -0.25) is 0 Å². The van der Waals surface area contributed by atoms with E-state index in [2.05, 4.69) is 9.97 Å². The molecule has 3 N–H and O–H groups in total. The molecule has 3 aromatic rings. The first-order valence-electron chi connectivity index (χ1n) is 6.85. The van der Waals surface area contributed by atoms with Crippen LogP contribution < -0.4 is 4.74 Å². The Bertz CT molecular complexity index is 879. The number of para-hydroxylation sites is 2. The van der Waals surface area contributed by atoms with E-state index in [4.69, 9.17) is 9.84 Å². The maximum absolute atomic E-state index is 11.2. The zero-order valence-electron chi connectivity index (χ0n) is 12.3. The number of benzene rings is 2. The van der Waals surface area contributed by atoms with Crippen molar-refractivity contribution in [3.8, 4) is 11.5 Å². The standard InChI is InChI=1S/C17H14N2O4/c1-23-10-6-7-15(20)11(8-10)12(9-16(21)22)17-18-13-4-2-3-5-14(13)19-17/h2-9,20H,1H3,(H,18,19)(H,21,22)/b12-9-. The van der Waals surface area contributed by atoms with E-state index in [0.29, 0.717) is 22.7 Å². The van der Waals surface area contributed by atoms with Gasteiger partial charge in [0.05, 0.1) is 18.1 Å². The van der Waals surface area contributed by atoms with Crippen LogP contribution in [0.4, 0.5) is 0 Å². The minimum absolute atomic E-state index is 0.0567. The van der Waals surface area contributed by atoms with Crippen molar-refractivity contribution in [3.05, 3.63) is 59.9 Å². The van der Waals surface area contributed by atoms with Gasteiger partial charge in [-0.15, -0.1) is 0 Å². The summed E-state index contributed by atoms with van der Waals surface area (Å²) in [4.78, 5) is 18.7. The minimum atomic E-state index is -1.14. The summed E-state index contributed by atoms with van der Waals surface area (Å²) in [6.45, 7) is 0. The average molecular weight is 310 g/mol. The quantitative estimate of drug-likeness (QED) is 0.644. The van der Waals surface area contributed by atoms with Gasteiger partial charge in [-0.2, -0.15) is 0 Å². The monoisotopic (exact) mass is 310 g/mol. The van der Waals surface area contributed by atoms with Gasteiger partial charge < -0.3 is 19.9 Å². The molecule has 3 rings (SSSR count). The number of carboxylic acid groups (broad SMARTS) is 1. The van der Waals surface area contributed by atoms with E-state index in [9.17, 15) is 9.90 Å². The fraction of sp³-hybridized carbons (Fsp3) is 0.0588. The number of hydrogen-bond acceptors (Lipinski definition) is 4. The topological polar surface area (TPSA) is 95.4 Å². The van der Waals surface area contributed by atoms with Crippen LogP contribution in [-0.4, -0.2) is 33.3 Å². The molecule has 1 heterocycles. The van der Waals surface area contributed by atoms with Crippen molar-refractivity contribution in [1.29, 1.82) is 0 Å². The number of carboxylic acids is 1. The van der Waals surface area contributed by atoms with Crippen LogP contribution in [0.15, 0.2) is 48.5 Å². The van der Waals surface area contributed by atoms with Crippen molar-refractivity contribution in [2.75, 3.05) is 7.11 Å². The Balaban J connectivity index is 2.21. The molecule has 0 aliphatic rings. The Kier molecular flexibility index (Phi) is 3.72. The summed E-state index contributed by atoms with van der Waals surface area (Å²) in [5, 5.41) is 19.3. The van der Waals surface area contributed by atoms with E-state index < -0.39 is 5.97 Å². The lowest BCUT2D eigenvalue weighted by molar-refractivity contribution is -0.131. The molecule has 0 spiro atoms. The largest absolute Gasteiger partial charge is 0.507 e. The van der Waals surface area contributed by atoms with Crippen LogP contribution in [-0.2, 0) is 4.79 Å². The van der Waals surface area contributed by atoms with Crippen molar-refractivity contribution < 1.29 is 19.7 Å². The molecule has 0 fully saturated rings. The van der Waals surface area contributed by atoms with E-state index in [1.54, 1.807) is 12.1 Å². The molecular formula is C17H14N2O4. The number of methoxy groups -OCH3 is 1. The summed E-state index contributed by atoms with van der Waals surface area (Å²) in [7, 11) is 1.50. The molecule has 23 heavy (non-hydrogen) atoms. The van der Waals surface area contributed by atoms with E-state index in [0.717, 1.165) is 11.6 Å². The number of ether oxygens (including phenoxy) is 1. The first-order chi connectivity index (χ1) is 11.1. The number of phenols is 1. The number of nitrogens with zero attached hydrogens (tertiary/aromatic N) is 1. The number of carbonyl (C=O) groups is 1. The first kappa shape index (κ1) is 14.6. The molecule has 0 amide bonds. The molecule has 0 aliphatic heterocycles. The predicted octanol–water partition coefficient (Wildman–Crippen LogP) is 2.79. The number of fused-ring (bicyclic) bond motifs is 1. The second-order valence-corrected chi connectivity index (χ2v) is 4.88. The molecule has 6 heteroatoms. The van der Waals surface area contributed by atoms with Gasteiger partial charge in [-0.25, -0.2) is 9.78 Å². The minimum Gasteiger partial charge on any atom is -0.507 e. The second-order valence-electron chi connectivity index (χ2n) is 4.88. The highest BCUT2D eigenvalue weighted by Crippen LogP contribution is 2.33. The normalized spacial score (nSPS) is 11.6. The second kappa shape index (κ2) is 5.84.